The Kier molecular flexibility index (Phi) is 4.08. The van der Waals surface area contributed by atoms with E-state index in [2.05, 4.69) is 31.7 Å². The van der Waals surface area contributed by atoms with Gasteiger partial charge in [-0.1, -0.05) is 19.9 Å². The van der Waals surface area contributed by atoms with Crippen LogP contribution in [0.2, 0.25) is 0 Å². The van der Waals surface area contributed by atoms with E-state index in [1.165, 1.54) is 5.57 Å². The minimum Gasteiger partial charge on any atom is -0.397 e. The number of nitrogens with two attached hydrogens (primary N) is 1. The predicted octanol–water partition coefficient (Wildman–Crippen LogP) is 5.43. The smallest absolute Gasteiger partial charge is 0.115 e. The van der Waals surface area contributed by atoms with Crippen molar-refractivity contribution < 1.29 is 4.39 Å². The highest BCUT2D eigenvalue weighted by atomic mass is 19.1. The van der Waals surface area contributed by atoms with Crippen LogP contribution in [0.5, 0.6) is 0 Å². The van der Waals surface area contributed by atoms with Crippen molar-refractivity contribution >= 4 is 11.3 Å². The molecule has 3 heteroatoms. The number of nitrogen functional groups attached to an aromatic ring is 1. The van der Waals surface area contributed by atoms with Crippen LogP contribution in [0.3, 0.4) is 0 Å². The number of fused-ring (bicyclic) bond motifs is 2. The summed E-state index contributed by atoms with van der Waals surface area (Å²) in [6, 6.07) is 3.85. The van der Waals surface area contributed by atoms with Crippen LogP contribution in [0, 0.1) is 17.3 Å². The molecular formula is C22H27FN2. The SMILES string of the molecule is CC1(C)CC=C(c2nc(C3CC4C=C=CC(C4)C3F)ccc2N)CC1. The molecule has 0 aromatic carbocycles. The lowest BCUT2D eigenvalue weighted by Crippen LogP contribution is -2.33. The molecule has 0 saturated heterocycles. The number of allylic oxidation sites excluding steroid dienone is 3. The highest BCUT2D eigenvalue weighted by Gasteiger charge is 2.39. The molecule has 0 aliphatic heterocycles. The van der Waals surface area contributed by atoms with Crippen LogP contribution in [-0.4, -0.2) is 11.2 Å². The first-order valence-electron chi connectivity index (χ1n) is 9.45. The normalized spacial score (nSPS) is 33.2. The zero-order valence-electron chi connectivity index (χ0n) is 15.1. The van der Waals surface area contributed by atoms with Gasteiger partial charge in [-0.05, 0) is 73.3 Å². The fraction of sp³-hybridized carbons (Fsp3) is 0.545. The van der Waals surface area contributed by atoms with Gasteiger partial charge >= 0.3 is 0 Å². The number of aromatic nitrogens is 1. The summed E-state index contributed by atoms with van der Waals surface area (Å²) in [7, 11) is 0. The molecular weight excluding hydrogens is 311 g/mol. The van der Waals surface area contributed by atoms with Crippen molar-refractivity contribution in [3.8, 4) is 0 Å². The maximum Gasteiger partial charge on any atom is 0.115 e. The van der Waals surface area contributed by atoms with Gasteiger partial charge in [0.05, 0.1) is 11.4 Å². The highest BCUT2D eigenvalue weighted by molar-refractivity contribution is 5.73. The summed E-state index contributed by atoms with van der Waals surface area (Å²) >= 11 is 0. The molecule has 2 nitrogen and oxygen atoms in total. The van der Waals surface area contributed by atoms with Gasteiger partial charge in [-0.25, -0.2) is 4.39 Å². The number of anilines is 1. The Balaban J connectivity index is 1.64. The molecule has 4 rings (SSSR count). The molecule has 25 heavy (non-hydrogen) atoms. The number of alkyl halides is 1. The second-order valence-electron chi connectivity index (χ2n) is 8.72. The summed E-state index contributed by atoms with van der Waals surface area (Å²) in [5.41, 5.74) is 13.4. The Bertz CT molecular complexity index is 770. The van der Waals surface area contributed by atoms with E-state index in [-0.39, 0.29) is 11.8 Å². The molecule has 1 heterocycles. The van der Waals surface area contributed by atoms with Crippen molar-refractivity contribution in [2.75, 3.05) is 5.73 Å². The standard InChI is InChI=1S/C22H27FN2/c1-22(2)10-8-15(9-11-22)21-18(24)6-7-19(25-21)17-13-14-4-3-5-16(12-14)20(17)23/h4-8,14,16-17,20H,9-13,24H2,1-2H3. The fourth-order valence-corrected chi connectivity index (χ4v) is 4.47. The van der Waals surface area contributed by atoms with E-state index in [4.69, 9.17) is 10.7 Å². The van der Waals surface area contributed by atoms with Gasteiger partial charge in [0.25, 0.3) is 0 Å². The molecule has 2 N–H and O–H groups in total. The number of rotatable bonds is 2. The summed E-state index contributed by atoms with van der Waals surface area (Å²) < 4.78 is 15.0. The van der Waals surface area contributed by atoms with Crippen molar-refractivity contribution in [1.29, 1.82) is 0 Å². The number of hydrogen-bond acceptors (Lipinski definition) is 2. The van der Waals surface area contributed by atoms with Crippen LogP contribution in [0.4, 0.5) is 10.1 Å². The molecule has 1 saturated carbocycles. The first kappa shape index (κ1) is 16.6. The minimum absolute atomic E-state index is 0.0220. The molecule has 0 spiro atoms. The van der Waals surface area contributed by atoms with Crippen molar-refractivity contribution in [3.05, 3.63) is 47.5 Å². The molecule has 0 amide bonds. The zero-order valence-corrected chi connectivity index (χ0v) is 15.1. The molecule has 0 radical (unpaired) electrons. The molecule has 2 bridgehead atoms. The zero-order chi connectivity index (χ0) is 17.6. The maximum absolute atomic E-state index is 15.0. The van der Waals surface area contributed by atoms with E-state index in [1.54, 1.807) is 0 Å². The molecule has 1 aromatic heterocycles. The average molecular weight is 338 g/mol. The summed E-state index contributed by atoms with van der Waals surface area (Å²) in [6.45, 7) is 4.59. The van der Waals surface area contributed by atoms with Gasteiger partial charge in [-0.15, -0.1) is 5.73 Å². The van der Waals surface area contributed by atoms with Crippen LogP contribution in [0.15, 0.2) is 36.1 Å². The van der Waals surface area contributed by atoms with E-state index in [1.807, 2.05) is 18.2 Å². The first-order valence-corrected chi connectivity index (χ1v) is 9.45. The Labute approximate surface area is 149 Å². The van der Waals surface area contributed by atoms with Crippen LogP contribution < -0.4 is 5.73 Å². The lowest BCUT2D eigenvalue weighted by molar-refractivity contribution is 0.140. The summed E-state index contributed by atoms with van der Waals surface area (Å²) in [4.78, 5) is 4.86. The number of pyridine rings is 1. The van der Waals surface area contributed by atoms with Crippen LogP contribution in [-0.2, 0) is 0 Å². The van der Waals surface area contributed by atoms with E-state index in [0.717, 1.165) is 43.5 Å². The maximum atomic E-state index is 15.0. The van der Waals surface area contributed by atoms with Crippen molar-refractivity contribution in [3.63, 3.8) is 0 Å². The van der Waals surface area contributed by atoms with Crippen molar-refractivity contribution in [2.24, 2.45) is 17.3 Å². The lowest BCUT2D eigenvalue weighted by atomic mass is 9.71. The molecule has 1 aromatic rings. The van der Waals surface area contributed by atoms with Gasteiger partial charge in [0.2, 0.25) is 0 Å². The van der Waals surface area contributed by atoms with Gasteiger partial charge in [0.15, 0.2) is 0 Å². The van der Waals surface area contributed by atoms with E-state index >= 15 is 4.39 Å². The molecule has 4 unspecified atom stereocenters. The second kappa shape index (κ2) is 6.14. The Hall–Kier alpha value is -1.86. The summed E-state index contributed by atoms with van der Waals surface area (Å²) in [5, 5.41) is 0. The number of hydrogen-bond donors (Lipinski definition) is 1. The topological polar surface area (TPSA) is 38.9 Å². The van der Waals surface area contributed by atoms with Gasteiger partial charge in [0.1, 0.15) is 6.17 Å². The third kappa shape index (κ3) is 3.18. The monoisotopic (exact) mass is 338 g/mol. The van der Waals surface area contributed by atoms with E-state index in [9.17, 15) is 0 Å². The lowest BCUT2D eigenvalue weighted by Gasteiger charge is -2.36. The van der Waals surface area contributed by atoms with E-state index in [0.29, 0.717) is 17.0 Å². The Morgan fingerprint density at radius 1 is 1.24 bits per heavy atom. The number of nitrogens with zero attached hydrogens (tertiary/aromatic N) is 1. The Morgan fingerprint density at radius 2 is 2.08 bits per heavy atom. The van der Waals surface area contributed by atoms with Crippen LogP contribution in [0.1, 0.15) is 63.3 Å². The van der Waals surface area contributed by atoms with Gasteiger partial charge in [0, 0.05) is 17.5 Å². The van der Waals surface area contributed by atoms with Gasteiger partial charge < -0.3 is 5.73 Å². The van der Waals surface area contributed by atoms with Gasteiger partial charge in [-0.2, -0.15) is 0 Å². The van der Waals surface area contributed by atoms with Crippen molar-refractivity contribution in [2.45, 2.75) is 58.0 Å². The second-order valence-corrected chi connectivity index (χ2v) is 8.72. The van der Waals surface area contributed by atoms with Crippen molar-refractivity contribution in [1.82, 2.24) is 4.98 Å². The van der Waals surface area contributed by atoms with E-state index < -0.39 is 6.17 Å². The third-order valence-electron chi connectivity index (χ3n) is 6.17. The molecule has 1 fully saturated rings. The fourth-order valence-electron chi connectivity index (χ4n) is 4.47. The highest BCUT2D eigenvalue weighted by Crippen LogP contribution is 2.44. The molecule has 4 atom stereocenters. The minimum atomic E-state index is -0.874. The molecule has 3 aliphatic rings. The van der Waals surface area contributed by atoms with Crippen LogP contribution in [0.25, 0.3) is 5.57 Å². The third-order valence-corrected chi connectivity index (χ3v) is 6.17. The quantitative estimate of drug-likeness (QED) is 0.730. The summed E-state index contributed by atoms with van der Waals surface area (Å²) in [6.07, 6.45) is 10.3. The number of halogens is 1. The first-order chi connectivity index (χ1) is 11.9. The molecule has 3 aliphatic carbocycles. The largest absolute Gasteiger partial charge is 0.397 e. The van der Waals surface area contributed by atoms with Crippen LogP contribution >= 0.6 is 0 Å². The Morgan fingerprint density at radius 3 is 2.84 bits per heavy atom. The van der Waals surface area contributed by atoms with Gasteiger partial charge in [-0.3, -0.25) is 4.98 Å². The average Bonchev–Trinajstić information content (AvgIpc) is 2.59. The predicted molar refractivity (Wildman–Crippen MR) is 101 cm³/mol. The molecule has 132 valence electrons. The summed E-state index contributed by atoms with van der Waals surface area (Å²) in [5.74, 6) is 0.258.